The molecule has 8 heteroatoms. The van der Waals surface area contributed by atoms with Crippen molar-refractivity contribution in [3.05, 3.63) is 166 Å². The first-order valence-electron chi connectivity index (χ1n) is 19.0. The van der Waals surface area contributed by atoms with Crippen LogP contribution in [0, 0.1) is 0 Å². The predicted octanol–water partition coefficient (Wildman–Crippen LogP) is 11.2. The summed E-state index contributed by atoms with van der Waals surface area (Å²) in [6.07, 6.45) is 0.806. The van der Waals surface area contributed by atoms with Crippen LogP contribution >= 0.6 is 0 Å². The quantitative estimate of drug-likeness (QED) is 0.0758. The van der Waals surface area contributed by atoms with Gasteiger partial charge in [-0.1, -0.05) is 104 Å². The molecule has 0 saturated heterocycles. The summed E-state index contributed by atoms with van der Waals surface area (Å²) >= 11 is 0. The molecule has 6 aromatic rings. The van der Waals surface area contributed by atoms with Gasteiger partial charge in [0.15, 0.2) is 0 Å². The van der Waals surface area contributed by atoms with Gasteiger partial charge in [0.2, 0.25) is 0 Å². The Balaban J connectivity index is 0.000000194. The van der Waals surface area contributed by atoms with Crippen LogP contribution in [-0.2, 0) is 17.3 Å². The molecule has 0 spiro atoms. The highest BCUT2D eigenvalue weighted by atomic mass is 16.3. The Labute approximate surface area is 336 Å². The summed E-state index contributed by atoms with van der Waals surface area (Å²) in [7, 11) is 0. The highest BCUT2D eigenvalue weighted by Gasteiger charge is 2.31. The van der Waals surface area contributed by atoms with E-state index >= 15 is 0 Å². The minimum Gasteiger partial charge on any atom is -0.508 e. The fourth-order valence-electron chi connectivity index (χ4n) is 7.04. The molecule has 0 aromatic heterocycles. The first-order chi connectivity index (χ1) is 26.7. The minimum absolute atomic E-state index is 0.0213. The van der Waals surface area contributed by atoms with E-state index < -0.39 is 5.41 Å². The summed E-state index contributed by atoms with van der Waals surface area (Å²) in [6.45, 7) is 16.7. The zero-order chi connectivity index (χ0) is 42.2. The molecule has 8 N–H and O–H groups in total. The number of aromatic hydroxyl groups is 8. The summed E-state index contributed by atoms with van der Waals surface area (Å²) in [4.78, 5) is 0. The Hall–Kier alpha value is -6.28. The Kier molecular flexibility index (Phi) is 13.8. The highest BCUT2D eigenvalue weighted by molar-refractivity contribution is 5.54. The van der Waals surface area contributed by atoms with Crippen molar-refractivity contribution in [2.75, 3.05) is 0 Å². The molecule has 0 radical (unpaired) electrons. The average molecular weight is 773 g/mol. The van der Waals surface area contributed by atoms with E-state index in [0.29, 0.717) is 34.5 Å². The van der Waals surface area contributed by atoms with Gasteiger partial charge in [0.25, 0.3) is 0 Å². The van der Waals surface area contributed by atoms with Crippen LogP contribution in [0.1, 0.15) is 112 Å². The topological polar surface area (TPSA) is 162 Å². The van der Waals surface area contributed by atoms with Gasteiger partial charge >= 0.3 is 0 Å². The second-order valence-electron chi connectivity index (χ2n) is 16.0. The van der Waals surface area contributed by atoms with Crippen LogP contribution in [0.3, 0.4) is 0 Å². The second-order valence-corrected chi connectivity index (χ2v) is 16.0. The van der Waals surface area contributed by atoms with Crippen molar-refractivity contribution in [3.8, 4) is 46.0 Å². The van der Waals surface area contributed by atoms with Crippen LogP contribution in [0.2, 0.25) is 0 Å². The SMILES string of the molecule is CC(C)(c1ccc(O)cc1O)c1ccc(O)cc1O.CC(C)c1cc(O)ccc1C(C)(C)c1ccc(O)cc1C(C)C.Oc1ccc(Cc2ccc(O)cc2)cc1. The van der Waals surface area contributed by atoms with Crippen LogP contribution in [0.15, 0.2) is 121 Å². The van der Waals surface area contributed by atoms with Crippen molar-refractivity contribution >= 4 is 0 Å². The number of rotatable bonds is 8. The van der Waals surface area contributed by atoms with E-state index in [-0.39, 0.29) is 39.9 Å². The zero-order valence-corrected chi connectivity index (χ0v) is 34.0. The van der Waals surface area contributed by atoms with E-state index in [0.717, 1.165) is 28.7 Å². The van der Waals surface area contributed by atoms with E-state index in [1.807, 2.05) is 62.4 Å². The fraction of sp³-hybridized carbons (Fsp3) is 0.265. The van der Waals surface area contributed by atoms with Gasteiger partial charge in [-0.15, -0.1) is 0 Å². The Morgan fingerprint density at radius 3 is 0.912 bits per heavy atom. The maximum Gasteiger partial charge on any atom is 0.123 e. The van der Waals surface area contributed by atoms with Gasteiger partial charge in [-0.3, -0.25) is 0 Å². The molecule has 0 aliphatic rings. The number of benzene rings is 6. The van der Waals surface area contributed by atoms with Gasteiger partial charge in [0, 0.05) is 34.1 Å². The third-order valence-electron chi connectivity index (χ3n) is 10.3. The molecule has 0 fully saturated rings. The standard InChI is InChI=1S/C21H28O2.C15H16O4.C13H12O2/c1-13(2)17-11-15(22)7-9-19(17)21(5,6)20-10-8-16(23)12-18(20)14(3)4;1-15(2,11-5-3-9(16)7-13(11)18)12-6-4-10(17)8-14(12)19;14-12-5-1-10(2-6-12)9-11-3-7-13(15)8-4-11/h7-14,22-23H,1-6H3;3-8,16-19H,1-2H3;1-8,14-15H,9H2. The highest BCUT2D eigenvalue weighted by Crippen LogP contribution is 2.43. The van der Waals surface area contributed by atoms with Crippen molar-refractivity contribution in [3.63, 3.8) is 0 Å². The lowest BCUT2D eigenvalue weighted by Gasteiger charge is -2.32. The molecule has 300 valence electrons. The predicted molar refractivity (Wildman–Crippen MR) is 227 cm³/mol. The maximum atomic E-state index is 9.94. The smallest absolute Gasteiger partial charge is 0.123 e. The molecule has 0 aliphatic carbocycles. The molecule has 0 atom stereocenters. The first kappa shape index (κ1) is 43.4. The van der Waals surface area contributed by atoms with E-state index in [1.165, 1.54) is 35.4 Å². The van der Waals surface area contributed by atoms with Gasteiger partial charge in [-0.05, 0) is 112 Å². The van der Waals surface area contributed by atoms with Crippen LogP contribution in [0.25, 0.3) is 0 Å². The van der Waals surface area contributed by atoms with E-state index in [1.54, 1.807) is 48.5 Å². The van der Waals surface area contributed by atoms with Crippen LogP contribution in [0.4, 0.5) is 0 Å². The second kappa shape index (κ2) is 18.1. The van der Waals surface area contributed by atoms with Crippen molar-refractivity contribution in [2.45, 2.75) is 84.5 Å². The van der Waals surface area contributed by atoms with E-state index in [2.05, 4.69) is 41.5 Å². The molecule has 57 heavy (non-hydrogen) atoms. The third-order valence-corrected chi connectivity index (χ3v) is 10.3. The lowest BCUT2D eigenvalue weighted by Crippen LogP contribution is -2.23. The first-order valence-corrected chi connectivity index (χ1v) is 19.0. The molecule has 0 aliphatic heterocycles. The summed E-state index contributed by atoms with van der Waals surface area (Å²) in [5.41, 5.74) is 7.32. The zero-order valence-electron chi connectivity index (χ0n) is 34.0. The fourth-order valence-corrected chi connectivity index (χ4v) is 7.04. The lowest BCUT2D eigenvalue weighted by atomic mass is 9.71. The van der Waals surface area contributed by atoms with Crippen molar-refractivity contribution in [1.82, 2.24) is 0 Å². The third kappa shape index (κ3) is 10.9. The van der Waals surface area contributed by atoms with E-state index in [4.69, 9.17) is 10.2 Å². The summed E-state index contributed by atoms with van der Waals surface area (Å²) in [5.74, 6) is 1.71. The van der Waals surface area contributed by atoms with Gasteiger partial charge in [-0.2, -0.15) is 0 Å². The van der Waals surface area contributed by atoms with Crippen LogP contribution in [0.5, 0.6) is 46.0 Å². The number of phenolic OH excluding ortho intramolecular Hbond substituents is 8. The molecular weight excluding hydrogens is 717 g/mol. The lowest BCUT2D eigenvalue weighted by molar-refractivity contribution is 0.422. The monoisotopic (exact) mass is 772 g/mol. The van der Waals surface area contributed by atoms with Crippen LogP contribution < -0.4 is 0 Å². The van der Waals surface area contributed by atoms with Crippen molar-refractivity contribution in [1.29, 1.82) is 0 Å². The molecular formula is C49H56O8. The Morgan fingerprint density at radius 1 is 0.351 bits per heavy atom. The Bertz CT molecular complexity index is 2100. The van der Waals surface area contributed by atoms with Gasteiger partial charge in [-0.25, -0.2) is 0 Å². The Morgan fingerprint density at radius 2 is 0.614 bits per heavy atom. The maximum absolute atomic E-state index is 9.94. The van der Waals surface area contributed by atoms with Crippen LogP contribution in [-0.4, -0.2) is 40.9 Å². The van der Waals surface area contributed by atoms with Gasteiger partial charge in [0.05, 0.1) is 0 Å². The normalized spacial score (nSPS) is 11.4. The summed E-state index contributed by atoms with van der Waals surface area (Å²) < 4.78 is 0. The van der Waals surface area contributed by atoms with E-state index in [9.17, 15) is 30.6 Å². The minimum atomic E-state index is -0.671. The molecule has 6 aromatic carbocycles. The molecule has 8 nitrogen and oxygen atoms in total. The average Bonchev–Trinajstić information content (AvgIpc) is 3.13. The molecule has 0 heterocycles. The number of phenols is 8. The number of hydrogen-bond acceptors (Lipinski definition) is 8. The number of hydrogen-bond donors (Lipinski definition) is 8. The largest absolute Gasteiger partial charge is 0.508 e. The molecule has 0 bridgehead atoms. The summed E-state index contributed by atoms with van der Waals surface area (Å²) in [5, 5.41) is 76.5. The van der Waals surface area contributed by atoms with Crippen molar-refractivity contribution < 1.29 is 40.9 Å². The van der Waals surface area contributed by atoms with Crippen molar-refractivity contribution in [2.24, 2.45) is 0 Å². The van der Waals surface area contributed by atoms with Gasteiger partial charge in [0.1, 0.15) is 46.0 Å². The molecule has 0 unspecified atom stereocenters. The molecule has 0 amide bonds. The summed E-state index contributed by atoms with van der Waals surface area (Å²) in [6, 6.07) is 34.3. The molecule has 0 saturated carbocycles. The molecule has 6 rings (SSSR count). The van der Waals surface area contributed by atoms with Gasteiger partial charge < -0.3 is 40.9 Å².